The Hall–Kier alpha value is -2.80. The fraction of sp³-hybridized carbons (Fsp3) is 0.238. The molecule has 0 unspecified atom stereocenters. The maximum absolute atomic E-state index is 12.7. The average Bonchev–Trinajstić information content (AvgIpc) is 2.92. The zero-order valence-electron chi connectivity index (χ0n) is 15.9. The Labute approximate surface area is 172 Å². The number of hydrogen-bond acceptors (Lipinski definition) is 4. The number of rotatable bonds is 6. The first-order chi connectivity index (χ1) is 13.4. The zero-order valence-corrected chi connectivity index (χ0v) is 17.5. The summed E-state index contributed by atoms with van der Waals surface area (Å²) in [6.45, 7) is 4.59. The molecule has 6 nitrogen and oxygen atoms in total. The van der Waals surface area contributed by atoms with E-state index in [1.807, 2.05) is 44.2 Å². The molecule has 1 heterocycles. The van der Waals surface area contributed by atoms with E-state index in [1.54, 1.807) is 19.3 Å². The molecule has 1 saturated heterocycles. The van der Waals surface area contributed by atoms with Crippen molar-refractivity contribution in [3.8, 4) is 11.5 Å². The molecule has 2 aromatic carbocycles. The molecule has 1 aliphatic rings. The van der Waals surface area contributed by atoms with Gasteiger partial charge in [0.1, 0.15) is 5.70 Å². The predicted octanol–water partition coefficient (Wildman–Crippen LogP) is 4.26. The lowest BCUT2D eigenvalue weighted by Gasteiger charge is -2.12. The summed E-state index contributed by atoms with van der Waals surface area (Å²) in [5.74, 6) is 0.765. The van der Waals surface area contributed by atoms with Gasteiger partial charge in [0.2, 0.25) is 0 Å². The molecule has 2 aromatic rings. The van der Waals surface area contributed by atoms with E-state index in [4.69, 9.17) is 9.47 Å². The molecule has 0 aromatic heterocycles. The lowest BCUT2D eigenvalue weighted by atomic mass is 10.1. The Morgan fingerprint density at radius 2 is 1.89 bits per heavy atom. The van der Waals surface area contributed by atoms with Crippen LogP contribution in [0.1, 0.15) is 23.6 Å². The molecule has 0 spiro atoms. The van der Waals surface area contributed by atoms with Gasteiger partial charge in [0, 0.05) is 0 Å². The lowest BCUT2D eigenvalue weighted by molar-refractivity contribution is -0.123. The molecule has 0 aliphatic carbocycles. The van der Waals surface area contributed by atoms with Crippen LogP contribution in [0, 0.1) is 6.92 Å². The summed E-state index contributed by atoms with van der Waals surface area (Å²) >= 11 is 3.46. The van der Waals surface area contributed by atoms with Crippen molar-refractivity contribution >= 4 is 33.9 Å². The number of urea groups is 1. The lowest BCUT2D eigenvalue weighted by Crippen LogP contribution is -2.30. The smallest absolute Gasteiger partial charge is 0.329 e. The van der Waals surface area contributed by atoms with Crippen LogP contribution in [0.25, 0.3) is 6.08 Å². The Kier molecular flexibility index (Phi) is 6.04. The van der Waals surface area contributed by atoms with Crippen molar-refractivity contribution in [3.63, 3.8) is 0 Å². The second kappa shape index (κ2) is 8.48. The van der Waals surface area contributed by atoms with E-state index >= 15 is 0 Å². The van der Waals surface area contributed by atoms with E-state index in [1.165, 1.54) is 4.90 Å². The number of methoxy groups -OCH3 is 1. The molecule has 3 rings (SSSR count). The minimum atomic E-state index is -0.436. The molecule has 1 aliphatic heterocycles. The van der Waals surface area contributed by atoms with Crippen molar-refractivity contribution < 1.29 is 19.1 Å². The second-order valence-electron chi connectivity index (χ2n) is 6.33. The summed E-state index contributed by atoms with van der Waals surface area (Å²) in [7, 11) is 1.55. The largest absolute Gasteiger partial charge is 0.493 e. The fourth-order valence-electron chi connectivity index (χ4n) is 2.87. The van der Waals surface area contributed by atoms with Crippen LogP contribution < -0.4 is 14.8 Å². The number of carbonyl (C=O) groups excluding carboxylic acids is 2. The Morgan fingerprint density at radius 3 is 2.54 bits per heavy atom. The van der Waals surface area contributed by atoms with Crippen LogP contribution in [0.3, 0.4) is 0 Å². The van der Waals surface area contributed by atoms with Crippen LogP contribution in [0.2, 0.25) is 0 Å². The molecule has 7 heteroatoms. The third kappa shape index (κ3) is 4.20. The maximum atomic E-state index is 12.7. The summed E-state index contributed by atoms with van der Waals surface area (Å²) in [5, 5.41) is 2.64. The highest BCUT2D eigenvalue weighted by atomic mass is 79.9. The van der Waals surface area contributed by atoms with Crippen molar-refractivity contribution in [3.05, 3.63) is 63.3 Å². The minimum Gasteiger partial charge on any atom is -0.493 e. The van der Waals surface area contributed by atoms with Crippen LogP contribution in [0.4, 0.5) is 4.79 Å². The number of amides is 3. The highest BCUT2D eigenvalue weighted by Crippen LogP contribution is 2.37. The van der Waals surface area contributed by atoms with Crippen LogP contribution in [-0.2, 0) is 11.3 Å². The Bertz CT molecular complexity index is 938. The number of aryl methyl sites for hydroxylation is 1. The van der Waals surface area contributed by atoms with Gasteiger partial charge in [-0.05, 0) is 59.1 Å². The number of imide groups is 1. The molecular formula is C21H21BrN2O4. The van der Waals surface area contributed by atoms with Crippen LogP contribution >= 0.6 is 15.9 Å². The third-order valence-corrected chi connectivity index (χ3v) is 4.86. The summed E-state index contributed by atoms with van der Waals surface area (Å²) in [6, 6.07) is 10.8. The van der Waals surface area contributed by atoms with Gasteiger partial charge in [0.25, 0.3) is 5.91 Å². The van der Waals surface area contributed by atoms with Crippen LogP contribution in [-0.4, -0.2) is 30.6 Å². The number of carbonyl (C=O) groups is 2. The van der Waals surface area contributed by atoms with Gasteiger partial charge in [-0.25, -0.2) is 4.79 Å². The molecule has 3 amide bonds. The summed E-state index contributed by atoms with van der Waals surface area (Å²) < 4.78 is 11.7. The molecule has 146 valence electrons. The normalized spacial score (nSPS) is 15.1. The first-order valence-corrected chi connectivity index (χ1v) is 9.62. The molecule has 0 saturated carbocycles. The van der Waals surface area contributed by atoms with E-state index in [2.05, 4.69) is 21.2 Å². The van der Waals surface area contributed by atoms with Gasteiger partial charge in [-0.15, -0.1) is 0 Å². The molecule has 0 radical (unpaired) electrons. The van der Waals surface area contributed by atoms with E-state index in [-0.39, 0.29) is 18.1 Å². The third-order valence-electron chi connectivity index (χ3n) is 4.28. The quantitative estimate of drug-likeness (QED) is 0.533. The highest BCUT2D eigenvalue weighted by molar-refractivity contribution is 9.10. The van der Waals surface area contributed by atoms with E-state index in [0.29, 0.717) is 28.1 Å². The second-order valence-corrected chi connectivity index (χ2v) is 7.19. The molecule has 0 bridgehead atoms. The van der Waals surface area contributed by atoms with E-state index < -0.39 is 6.03 Å². The highest BCUT2D eigenvalue weighted by Gasteiger charge is 2.33. The number of halogens is 1. The predicted molar refractivity (Wildman–Crippen MR) is 110 cm³/mol. The van der Waals surface area contributed by atoms with Crippen molar-refractivity contribution in [2.24, 2.45) is 0 Å². The Morgan fingerprint density at radius 1 is 1.18 bits per heavy atom. The fourth-order valence-corrected chi connectivity index (χ4v) is 3.44. The molecule has 1 fully saturated rings. The van der Waals surface area contributed by atoms with Crippen molar-refractivity contribution in [1.29, 1.82) is 0 Å². The van der Waals surface area contributed by atoms with Gasteiger partial charge in [-0.2, -0.15) is 0 Å². The first kappa shape index (κ1) is 19.9. The van der Waals surface area contributed by atoms with Crippen molar-refractivity contribution in [1.82, 2.24) is 10.2 Å². The van der Waals surface area contributed by atoms with Crippen LogP contribution in [0.15, 0.2) is 46.6 Å². The van der Waals surface area contributed by atoms with Gasteiger partial charge in [-0.1, -0.05) is 29.8 Å². The Balaban J connectivity index is 1.85. The molecule has 1 N–H and O–H groups in total. The van der Waals surface area contributed by atoms with E-state index in [9.17, 15) is 9.59 Å². The maximum Gasteiger partial charge on any atom is 0.329 e. The molecular weight excluding hydrogens is 424 g/mol. The van der Waals surface area contributed by atoms with Gasteiger partial charge >= 0.3 is 6.03 Å². The number of nitrogens with zero attached hydrogens (tertiary/aromatic N) is 1. The van der Waals surface area contributed by atoms with Gasteiger partial charge < -0.3 is 14.8 Å². The van der Waals surface area contributed by atoms with E-state index in [0.717, 1.165) is 11.1 Å². The summed E-state index contributed by atoms with van der Waals surface area (Å²) in [6.07, 6.45) is 1.62. The van der Waals surface area contributed by atoms with Gasteiger partial charge in [-0.3, -0.25) is 9.69 Å². The number of ether oxygens (including phenoxy) is 2. The number of hydrogen-bond donors (Lipinski definition) is 1. The standard InChI is InChI=1S/C21H21BrN2O4/c1-4-28-19-16(22)9-15(11-18(19)27-3)10-17-20(25)24(21(26)23-17)12-14-7-5-13(2)6-8-14/h5-11H,4,12H2,1-3H3,(H,23,26)/b17-10+. The number of nitrogens with one attached hydrogen (secondary N) is 1. The average molecular weight is 445 g/mol. The van der Waals surface area contributed by atoms with Crippen LogP contribution in [0.5, 0.6) is 11.5 Å². The first-order valence-electron chi connectivity index (χ1n) is 8.83. The summed E-state index contributed by atoms with van der Waals surface area (Å²) in [5.41, 5.74) is 2.93. The molecule has 0 atom stereocenters. The summed E-state index contributed by atoms with van der Waals surface area (Å²) in [4.78, 5) is 26.2. The number of benzene rings is 2. The topological polar surface area (TPSA) is 67.9 Å². The van der Waals surface area contributed by atoms with Gasteiger partial charge in [0.15, 0.2) is 11.5 Å². The van der Waals surface area contributed by atoms with Gasteiger partial charge in [0.05, 0.1) is 24.7 Å². The molecule has 28 heavy (non-hydrogen) atoms. The monoisotopic (exact) mass is 444 g/mol. The zero-order chi connectivity index (χ0) is 20.3. The SMILES string of the molecule is CCOc1c(Br)cc(/C=C2/NC(=O)N(Cc3ccc(C)cc3)C2=O)cc1OC. The van der Waals surface area contributed by atoms with Crippen molar-refractivity contribution in [2.45, 2.75) is 20.4 Å². The van der Waals surface area contributed by atoms with Crippen molar-refractivity contribution in [2.75, 3.05) is 13.7 Å². The minimum absolute atomic E-state index is 0.218.